The van der Waals surface area contributed by atoms with E-state index in [2.05, 4.69) is 59.1 Å². The van der Waals surface area contributed by atoms with Gasteiger partial charge in [0.2, 0.25) is 5.91 Å². The quantitative estimate of drug-likeness (QED) is 0.533. The third-order valence-electron chi connectivity index (χ3n) is 5.15. The zero-order valence-corrected chi connectivity index (χ0v) is 19.1. The number of fused-ring (bicyclic) bond motifs is 1. The molecule has 0 saturated carbocycles. The Morgan fingerprint density at radius 3 is 2.37 bits per heavy atom. The van der Waals surface area contributed by atoms with Crippen LogP contribution in [0, 0.1) is 5.41 Å². The number of imide groups is 1. The van der Waals surface area contributed by atoms with Crippen LogP contribution < -0.4 is 0 Å². The van der Waals surface area contributed by atoms with Crippen LogP contribution in [0.25, 0.3) is 22.2 Å². The van der Waals surface area contributed by atoms with Crippen LogP contribution in [0.2, 0.25) is 0 Å². The molecular formula is C22H24BrN5O2. The summed E-state index contributed by atoms with van der Waals surface area (Å²) in [5.74, 6) is -0.173. The van der Waals surface area contributed by atoms with Gasteiger partial charge in [0.25, 0.3) is 0 Å². The van der Waals surface area contributed by atoms with Crippen molar-refractivity contribution in [2.75, 3.05) is 13.6 Å². The van der Waals surface area contributed by atoms with Crippen LogP contribution in [0.4, 0.5) is 4.79 Å². The molecule has 2 heterocycles. The predicted molar refractivity (Wildman–Crippen MR) is 119 cm³/mol. The number of aromatic nitrogens is 3. The number of carbonyl (C=O) groups excluding carboxylic acids is 2. The SMILES string of the molecule is CN1C(=O)CN(Cc2ccc(-c3ccc4c(nnn4CC(C)(C)C)c3Br)cc2)C1=O. The first kappa shape index (κ1) is 20.5. The van der Waals surface area contributed by atoms with Crippen LogP contribution in [0.15, 0.2) is 40.9 Å². The second kappa shape index (κ2) is 7.50. The Kier molecular flexibility index (Phi) is 5.13. The summed E-state index contributed by atoms with van der Waals surface area (Å²) in [5.41, 5.74) is 4.99. The Balaban J connectivity index is 1.58. The molecule has 0 radical (unpaired) electrons. The number of likely N-dealkylation sites (N-methyl/N-ethyl adjacent to an activating group) is 1. The lowest BCUT2D eigenvalue weighted by molar-refractivity contribution is -0.124. The molecular weight excluding hydrogens is 446 g/mol. The van der Waals surface area contributed by atoms with Gasteiger partial charge in [-0.25, -0.2) is 9.48 Å². The lowest BCUT2D eigenvalue weighted by atomic mass is 9.97. The van der Waals surface area contributed by atoms with E-state index in [1.165, 1.54) is 7.05 Å². The minimum absolute atomic E-state index is 0.109. The van der Waals surface area contributed by atoms with Crippen LogP contribution in [-0.2, 0) is 17.9 Å². The van der Waals surface area contributed by atoms with Crippen molar-refractivity contribution in [1.82, 2.24) is 24.8 Å². The van der Waals surface area contributed by atoms with Gasteiger partial charge in [-0.3, -0.25) is 9.69 Å². The lowest BCUT2D eigenvalue weighted by Crippen LogP contribution is -2.29. The third-order valence-corrected chi connectivity index (χ3v) is 5.95. The van der Waals surface area contributed by atoms with E-state index in [-0.39, 0.29) is 23.9 Å². The van der Waals surface area contributed by atoms with Gasteiger partial charge in [-0.15, -0.1) is 5.10 Å². The van der Waals surface area contributed by atoms with Gasteiger partial charge in [-0.05, 0) is 44.1 Å². The molecule has 3 aromatic rings. The largest absolute Gasteiger partial charge is 0.327 e. The van der Waals surface area contributed by atoms with Gasteiger partial charge in [0.05, 0.1) is 9.99 Å². The molecule has 1 aromatic heterocycles. The van der Waals surface area contributed by atoms with Gasteiger partial charge in [-0.2, -0.15) is 0 Å². The summed E-state index contributed by atoms with van der Waals surface area (Å²) in [6.45, 7) is 7.86. The van der Waals surface area contributed by atoms with Crippen molar-refractivity contribution in [2.24, 2.45) is 5.41 Å². The van der Waals surface area contributed by atoms with Crippen molar-refractivity contribution in [2.45, 2.75) is 33.9 Å². The molecule has 0 spiro atoms. The summed E-state index contributed by atoms with van der Waals surface area (Å²) in [5, 5.41) is 8.72. The average molecular weight is 470 g/mol. The molecule has 3 amide bonds. The van der Waals surface area contributed by atoms with E-state index in [9.17, 15) is 9.59 Å². The Morgan fingerprint density at radius 1 is 1.07 bits per heavy atom. The molecule has 156 valence electrons. The number of rotatable bonds is 4. The van der Waals surface area contributed by atoms with E-state index in [0.29, 0.717) is 6.54 Å². The van der Waals surface area contributed by atoms with E-state index in [1.807, 2.05) is 28.9 Å². The number of benzene rings is 2. The number of hydrogen-bond acceptors (Lipinski definition) is 4. The molecule has 2 aromatic carbocycles. The molecule has 1 saturated heterocycles. The molecule has 0 unspecified atom stereocenters. The number of amides is 3. The number of halogens is 1. The minimum Gasteiger partial charge on any atom is -0.311 e. The lowest BCUT2D eigenvalue weighted by Gasteiger charge is -2.18. The number of urea groups is 1. The van der Waals surface area contributed by atoms with E-state index >= 15 is 0 Å². The Hall–Kier alpha value is -2.74. The molecule has 1 fully saturated rings. The van der Waals surface area contributed by atoms with Gasteiger partial charge in [0.15, 0.2) is 0 Å². The molecule has 0 aliphatic carbocycles. The summed E-state index contributed by atoms with van der Waals surface area (Å²) in [6, 6.07) is 11.9. The predicted octanol–water partition coefficient (Wildman–Crippen LogP) is 4.30. The average Bonchev–Trinajstić information content (AvgIpc) is 3.19. The Bertz CT molecular complexity index is 1130. The fourth-order valence-corrected chi connectivity index (χ4v) is 4.23. The molecule has 1 aliphatic heterocycles. The Morgan fingerprint density at radius 2 is 1.77 bits per heavy atom. The monoisotopic (exact) mass is 469 g/mol. The van der Waals surface area contributed by atoms with Gasteiger partial charge in [0, 0.05) is 20.1 Å². The minimum atomic E-state index is -0.254. The van der Waals surface area contributed by atoms with Crippen molar-refractivity contribution in [3.63, 3.8) is 0 Å². The first-order valence-electron chi connectivity index (χ1n) is 9.80. The first-order chi connectivity index (χ1) is 14.1. The summed E-state index contributed by atoms with van der Waals surface area (Å²) in [6.07, 6.45) is 0. The fourth-order valence-electron chi connectivity index (χ4n) is 3.58. The highest BCUT2D eigenvalue weighted by molar-refractivity contribution is 9.10. The van der Waals surface area contributed by atoms with Crippen LogP contribution >= 0.6 is 15.9 Å². The molecule has 7 nitrogen and oxygen atoms in total. The highest BCUT2D eigenvalue weighted by atomic mass is 79.9. The van der Waals surface area contributed by atoms with Crippen molar-refractivity contribution in [3.8, 4) is 11.1 Å². The molecule has 0 bridgehead atoms. The number of nitrogens with zero attached hydrogens (tertiary/aromatic N) is 5. The second-order valence-electron chi connectivity index (χ2n) is 8.89. The van der Waals surface area contributed by atoms with Gasteiger partial charge >= 0.3 is 6.03 Å². The maximum Gasteiger partial charge on any atom is 0.327 e. The van der Waals surface area contributed by atoms with Gasteiger partial charge < -0.3 is 4.90 Å². The van der Waals surface area contributed by atoms with E-state index in [1.54, 1.807) is 4.90 Å². The van der Waals surface area contributed by atoms with Crippen LogP contribution in [0.3, 0.4) is 0 Å². The zero-order chi connectivity index (χ0) is 21.6. The molecule has 0 N–H and O–H groups in total. The Labute approximate surface area is 183 Å². The van der Waals surface area contributed by atoms with Crippen molar-refractivity contribution >= 4 is 38.9 Å². The molecule has 30 heavy (non-hydrogen) atoms. The molecule has 0 atom stereocenters. The number of hydrogen-bond donors (Lipinski definition) is 0. The number of carbonyl (C=O) groups is 2. The summed E-state index contributed by atoms with van der Waals surface area (Å²) in [7, 11) is 1.51. The topological polar surface area (TPSA) is 71.3 Å². The van der Waals surface area contributed by atoms with Crippen LogP contribution in [0.5, 0.6) is 0 Å². The molecule has 4 rings (SSSR count). The van der Waals surface area contributed by atoms with Crippen LogP contribution in [0.1, 0.15) is 26.3 Å². The maximum absolute atomic E-state index is 12.1. The standard InChI is InChI=1S/C22H24BrN5O2/c1-22(2,3)13-28-17-10-9-16(19(23)20(17)24-25-28)15-7-5-14(6-8-15)11-27-12-18(29)26(4)21(27)30/h5-10H,11-13H2,1-4H3. The van der Waals surface area contributed by atoms with Crippen LogP contribution in [-0.4, -0.2) is 50.3 Å². The first-order valence-corrected chi connectivity index (χ1v) is 10.6. The summed E-state index contributed by atoms with van der Waals surface area (Å²) >= 11 is 3.71. The van der Waals surface area contributed by atoms with Crippen molar-refractivity contribution < 1.29 is 9.59 Å². The summed E-state index contributed by atoms with van der Waals surface area (Å²) < 4.78 is 2.85. The van der Waals surface area contributed by atoms with E-state index in [0.717, 1.165) is 43.6 Å². The van der Waals surface area contributed by atoms with E-state index < -0.39 is 0 Å². The zero-order valence-electron chi connectivity index (χ0n) is 17.5. The highest BCUT2D eigenvalue weighted by Gasteiger charge is 2.32. The van der Waals surface area contributed by atoms with Crippen molar-refractivity contribution in [3.05, 3.63) is 46.4 Å². The maximum atomic E-state index is 12.1. The van der Waals surface area contributed by atoms with Gasteiger partial charge in [0.1, 0.15) is 12.1 Å². The smallest absolute Gasteiger partial charge is 0.311 e. The molecule has 1 aliphatic rings. The third kappa shape index (κ3) is 3.84. The normalized spacial score (nSPS) is 15.0. The summed E-state index contributed by atoms with van der Waals surface area (Å²) in [4.78, 5) is 26.5. The second-order valence-corrected chi connectivity index (χ2v) is 9.68. The van der Waals surface area contributed by atoms with Crippen molar-refractivity contribution in [1.29, 1.82) is 0 Å². The van der Waals surface area contributed by atoms with Gasteiger partial charge in [-0.1, -0.05) is 56.3 Å². The van der Waals surface area contributed by atoms with E-state index in [4.69, 9.17) is 0 Å². The fraction of sp³-hybridized carbons (Fsp3) is 0.364. The highest BCUT2D eigenvalue weighted by Crippen LogP contribution is 2.34. The molecule has 8 heteroatoms.